The van der Waals surface area contributed by atoms with Crippen molar-refractivity contribution in [2.75, 3.05) is 10.6 Å². The Morgan fingerprint density at radius 2 is 1.50 bits per heavy atom. The summed E-state index contributed by atoms with van der Waals surface area (Å²) in [6.07, 6.45) is -3.32. The van der Waals surface area contributed by atoms with E-state index < -0.39 is 17.6 Å². The van der Waals surface area contributed by atoms with Gasteiger partial charge < -0.3 is 15.1 Å². The van der Waals surface area contributed by atoms with Gasteiger partial charge in [-0.2, -0.15) is 13.2 Å². The number of anilines is 2. The van der Waals surface area contributed by atoms with Crippen LogP contribution in [-0.4, -0.2) is 16.8 Å². The van der Waals surface area contributed by atoms with Gasteiger partial charge in [0.15, 0.2) is 5.69 Å². The molecule has 0 spiro atoms. The lowest BCUT2D eigenvalue weighted by Crippen LogP contribution is -2.12. The summed E-state index contributed by atoms with van der Waals surface area (Å²) >= 11 is 0. The lowest BCUT2D eigenvalue weighted by molar-refractivity contribution is -0.137. The second-order valence-electron chi connectivity index (χ2n) is 5.83. The van der Waals surface area contributed by atoms with E-state index >= 15 is 0 Å². The third kappa shape index (κ3) is 4.56. The number of alkyl halides is 3. The van der Waals surface area contributed by atoms with E-state index in [1.54, 1.807) is 24.3 Å². The first kappa shape index (κ1) is 19.2. The predicted octanol–water partition coefficient (Wildman–Crippen LogP) is 4.57. The van der Waals surface area contributed by atoms with Crippen molar-refractivity contribution in [3.63, 3.8) is 0 Å². The topological polar surface area (TPSA) is 84.2 Å². The van der Waals surface area contributed by atoms with E-state index in [0.29, 0.717) is 16.9 Å². The van der Waals surface area contributed by atoms with Crippen molar-refractivity contribution in [2.24, 2.45) is 0 Å². The Balaban J connectivity index is 1.69. The maximum Gasteiger partial charge on any atom is 0.416 e. The van der Waals surface area contributed by atoms with Gasteiger partial charge in [-0.15, -0.1) is 0 Å². The average molecular weight is 389 g/mol. The molecule has 0 aliphatic carbocycles. The van der Waals surface area contributed by atoms with Gasteiger partial charge in [-0.1, -0.05) is 0 Å². The number of benzene rings is 2. The Labute approximate surface area is 157 Å². The minimum absolute atomic E-state index is 0.0270. The number of nitrogens with zero attached hydrogens (tertiary/aromatic N) is 1. The SMILES string of the molecule is CC(=O)Nc1ccc(NC(=O)c2coc(-c3ccc(C(F)(F)F)cc3)n2)cc1. The molecule has 1 aromatic heterocycles. The van der Waals surface area contributed by atoms with Gasteiger partial charge in [0.2, 0.25) is 11.8 Å². The molecule has 0 aliphatic rings. The highest BCUT2D eigenvalue weighted by atomic mass is 19.4. The first-order valence-corrected chi connectivity index (χ1v) is 8.04. The van der Waals surface area contributed by atoms with Gasteiger partial charge >= 0.3 is 6.18 Å². The highest BCUT2D eigenvalue weighted by Gasteiger charge is 2.30. The molecule has 144 valence electrons. The molecule has 0 fully saturated rings. The quantitative estimate of drug-likeness (QED) is 0.685. The van der Waals surface area contributed by atoms with Gasteiger partial charge in [0.25, 0.3) is 5.91 Å². The number of aromatic nitrogens is 1. The van der Waals surface area contributed by atoms with Crippen molar-refractivity contribution in [3.8, 4) is 11.5 Å². The fourth-order valence-corrected chi connectivity index (χ4v) is 2.35. The van der Waals surface area contributed by atoms with Crippen LogP contribution in [0.3, 0.4) is 0 Å². The van der Waals surface area contributed by atoms with Crippen LogP contribution in [-0.2, 0) is 11.0 Å². The van der Waals surface area contributed by atoms with E-state index in [9.17, 15) is 22.8 Å². The van der Waals surface area contributed by atoms with E-state index in [2.05, 4.69) is 15.6 Å². The van der Waals surface area contributed by atoms with Crippen molar-refractivity contribution >= 4 is 23.2 Å². The Morgan fingerprint density at radius 1 is 0.929 bits per heavy atom. The third-order valence-electron chi connectivity index (χ3n) is 3.66. The van der Waals surface area contributed by atoms with Gasteiger partial charge in [-0.3, -0.25) is 9.59 Å². The second kappa shape index (κ2) is 7.55. The molecule has 28 heavy (non-hydrogen) atoms. The molecule has 0 bridgehead atoms. The molecule has 0 atom stereocenters. The number of oxazole rings is 1. The van der Waals surface area contributed by atoms with Crippen LogP contribution in [0.15, 0.2) is 59.2 Å². The first-order valence-electron chi connectivity index (χ1n) is 8.04. The van der Waals surface area contributed by atoms with E-state index in [1.807, 2.05) is 0 Å². The number of rotatable bonds is 4. The Bertz CT molecular complexity index is 994. The summed E-state index contributed by atoms with van der Waals surface area (Å²) in [5.74, 6) is -0.732. The fourth-order valence-electron chi connectivity index (χ4n) is 2.35. The molecule has 1 heterocycles. The van der Waals surface area contributed by atoms with Crippen LogP contribution in [0.5, 0.6) is 0 Å². The van der Waals surface area contributed by atoms with Gasteiger partial charge in [0, 0.05) is 23.9 Å². The summed E-state index contributed by atoms with van der Waals surface area (Å²) in [5, 5.41) is 5.21. The van der Waals surface area contributed by atoms with Gasteiger partial charge in [-0.05, 0) is 48.5 Å². The van der Waals surface area contributed by atoms with Crippen molar-refractivity contribution in [1.29, 1.82) is 0 Å². The number of halogens is 3. The number of carbonyl (C=O) groups is 2. The van der Waals surface area contributed by atoms with E-state index in [4.69, 9.17) is 4.42 Å². The van der Waals surface area contributed by atoms with Gasteiger partial charge in [-0.25, -0.2) is 4.98 Å². The highest BCUT2D eigenvalue weighted by molar-refractivity contribution is 6.03. The van der Waals surface area contributed by atoms with Crippen LogP contribution >= 0.6 is 0 Å². The smallest absolute Gasteiger partial charge is 0.416 e. The summed E-state index contributed by atoms with van der Waals surface area (Å²) in [4.78, 5) is 27.3. The highest BCUT2D eigenvalue weighted by Crippen LogP contribution is 2.30. The monoisotopic (exact) mass is 389 g/mol. The standard InChI is InChI=1S/C19H14F3N3O3/c1-11(26)23-14-6-8-15(9-7-14)24-17(27)16-10-28-18(25-16)12-2-4-13(5-3-12)19(20,21)22/h2-10H,1H3,(H,23,26)(H,24,27). The lowest BCUT2D eigenvalue weighted by Gasteiger charge is -2.06. The summed E-state index contributed by atoms with van der Waals surface area (Å²) in [6.45, 7) is 1.38. The molecular weight excluding hydrogens is 375 g/mol. The number of amides is 2. The molecule has 2 amide bonds. The zero-order chi connectivity index (χ0) is 20.3. The maximum absolute atomic E-state index is 12.6. The van der Waals surface area contributed by atoms with Crippen molar-refractivity contribution in [3.05, 3.63) is 66.1 Å². The molecule has 0 radical (unpaired) electrons. The second-order valence-corrected chi connectivity index (χ2v) is 5.83. The van der Waals surface area contributed by atoms with Crippen molar-refractivity contribution in [1.82, 2.24) is 4.98 Å². The van der Waals surface area contributed by atoms with Crippen molar-refractivity contribution < 1.29 is 27.2 Å². The molecule has 6 nitrogen and oxygen atoms in total. The van der Waals surface area contributed by atoms with Crippen LogP contribution in [0.1, 0.15) is 23.0 Å². The van der Waals surface area contributed by atoms with E-state index in [-0.39, 0.29) is 17.5 Å². The van der Waals surface area contributed by atoms with Crippen LogP contribution in [0, 0.1) is 0 Å². The minimum Gasteiger partial charge on any atom is -0.444 e. The van der Waals surface area contributed by atoms with Crippen LogP contribution in [0.2, 0.25) is 0 Å². The summed E-state index contributed by atoms with van der Waals surface area (Å²) in [7, 11) is 0. The zero-order valence-corrected chi connectivity index (χ0v) is 14.5. The maximum atomic E-state index is 12.6. The molecular formula is C19H14F3N3O3. The van der Waals surface area contributed by atoms with Gasteiger partial charge in [0.05, 0.1) is 5.56 Å². The molecule has 0 unspecified atom stereocenters. The van der Waals surface area contributed by atoms with Crippen LogP contribution in [0.4, 0.5) is 24.5 Å². The normalized spacial score (nSPS) is 11.1. The summed E-state index contributed by atoms with van der Waals surface area (Å²) < 4.78 is 43.0. The first-order chi connectivity index (χ1) is 13.2. The fraction of sp³-hybridized carbons (Fsp3) is 0.105. The zero-order valence-electron chi connectivity index (χ0n) is 14.5. The Hall–Kier alpha value is -3.62. The molecule has 2 aromatic carbocycles. The minimum atomic E-state index is -4.43. The van der Waals surface area contributed by atoms with Crippen molar-refractivity contribution in [2.45, 2.75) is 13.1 Å². The number of nitrogens with one attached hydrogen (secondary N) is 2. The molecule has 0 saturated carbocycles. The molecule has 2 N–H and O–H groups in total. The van der Waals surface area contributed by atoms with Crippen LogP contribution in [0.25, 0.3) is 11.5 Å². The molecule has 9 heteroatoms. The number of carbonyl (C=O) groups excluding carboxylic acids is 2. The van der Waals surface area contributed by atoms with E-state index in [0.717, 1.165) is 18.4 Å². The number of hydrogen-bond acceptors (Lipinski definition) is 4. The molecule has 0 aliphatic heterocycles. The molecule has 3 rings (SSSR count). The Kier molecular flexibility index (Phi) is 5.16. The summed E-state index contributed by atoms with van der Waals surface area (Å²) in [5.41, 5.74) is 0.547. The molecule has 0 saturated heterocycles. The third-order valence-corrected chi connectivity index (χ3v) is 3.66. The number of hydrogen-bond donors (Lipinski definition) is 2. The molecule has 3 aromatic rings. The average Bonchev–Trinajstić information content (AvgIpc) is 3.13. The summed E-state index contributed by atoms with van der Waals surface area (Å²) in [6, 6.07) is 10.7. The largest absolute Gasteiger partial charge is 0.444 e. The van der Waals surface area contributed by atoms with E-state index in [1.165, 1.54) is 19.1 Å². The Morgan fingerprint density at radius 3 is 2.04 bits per heavy atom. The predicted molar refractivity (Wildman–Crippen MR) is 95.6 cm³/mol. The lowest BCUT2D eigenvalue weighted by atomic mass is 10.1. The van der Waals surface area contributed by atoms with Crippen LogP contribution < -0.4 is 10.6 Å². The van der Waals surface area contributed by atoms with Gasteiger partial charge in [0.1, 0.15) is 6.26 Å².